The number of halogens is 2. The number of nitrogens with one attached hydrogen (secondary N) is 2. The van der Waals surface area contributed by atoms with Crippen LogP contribution in [0, 0.1) is 6.92 Å². The molecule has 2 N–H and O–H groups in total. The summed E-state index contributed by atoms with van der Waals surface area (Å²) in [6.07, 6.45) is 0.593. The highest BCUT2D eigenvalue weighted by Crippen LogP contribution is 2.19. The Morgan fingerprint density at radius 3 is 2.48 bits per heavy atom. The van der Waals surface area contributed by atoms with Crippen LogP contribution in [-0.2, 0) is 16.0 Å². The van der Waals surface area contributed by atoms with Crippen molar-refractivity contribution in [1.82, 2.24) is 5.32 Å². The van der Waals surface area contributed by atoms with Crippen molar-refractivity contribution in [2.45, 2.75) is 13.3 Å². The smallest absolute Gasteiger partial charge is 0.313 e. The highest BCUT2D eigenvalue weighted by Gasteiger charge is 2.14. The molecule has 0 spiro atoms. The minimum Gasteiger partial charge on any atom is -0.347 e. The van der Waals surface area contributed by atoms with E-state index < -0.39 is 11.8 Å². The number of hydrogen-bond donors (Lipinski definition) is 2. The number of carbonyl (C=O) groups excluding carboxylic acids is 2. The van der Waals surface area contributed by atoms with E-state index in [0.717, 1.165) is 11.1 Å². The third-order valence-corrected chi connectivity index (χ3v) is 3.71. The molecule has 2 aromatic carbocycles. The first-order valence-electron chi connectivity index (χ1n) is 7.05. The lowest BCUT2D eigenvalue weighted by atomic mass is 10.1. The van der Waals surface area contributed by atoms with E-state index in [2.05, 4.69) is 10.6 Å². The van der Waals surface area contributed by atoms with E-state index >= 15 is 0 Å². The number of benzene rings is 2. The molecule has 6 heteroatoms. The van der Waals surface area contributed by atoms with E-state index in [1.807, 2.05) is 25.1 Å². The summed E-state index contributed by atoms with van der Waals surface area (Å²) in [6, 6.07) is 12.5. The van der Waals surface area contributed by atoms with Crippen LogP contribution in [0.3, 0.4) is 0 Å². The second kappa shape index (κ2) is 7.99. The van der Waals surface area contributed by atoms with Crippen molar-refractivity contribution < 1.29 is 9.59 Å². The molecule has 0 atom stereocenters. The predicted octanol–water partition coefficient (Wildman–Crippen LogP) is 3.60. The lowest BCUT2D eigenvalue weighted by Crippen LogP contribution is -2.36. The van der Waals surface area contributed by atoms with E-state index in [4.69, 9.17) is 23.2 Å². The van der Waals surface area contributed by atoms with E-state index in [1.165, 1.54) is 0 Å². The first-order valence-corrected chi connectivity index (χ1v) is 7.81. The van der Waals surface area contributed by atoms with E-state index in [1.54, 1.807) is 24.3 Å². The molecule has 2 amide bonds. The van der Waals surface area contributed by atoms with Crippen LogP contribution in [-0.4, -0.2) is 18.4 Å². The van der Waals surface area contributed by atoms with Gasteiger partial charge in [-0.2, -0.15) is 0 Å². The Labute approximate surface area is 144 Å². The van der Waals surface area contributed by atoms with Gasteiger partial charge >= 0.3 is 11.8 Å². The summed E-state index contributed by atoms with van der Waals surface area (Å²) in [5, 5.41) is 6.26. The van der Waals surface area contributed by atoms with Crippen molar-refractivity contribution in [2.75, 3.05) is 11.9 Å². The van der Waals surface area contributed by atoms with Crippen molar-refractivity contribution in [1.29, 1.82) is 0 Å². The minimum atomic E-state index is -0.721. The Morgan fingerprint density at radius 2 is 1.74 bits per heavy atom. The molecule has 0 aromatic heterocycles. The minimum absolute atomic E-state index is 0.348. The molecule has 0 aliphatic carbocycles. The molecular weight excluding hydrogens is 335 g/mol. The van der Waals surface area contributed by atoms with Gasteiger partial charge in [-0.3, -0.25) is 9.59 Å². The molecule has 23 heavy (non-hydrogen) atoms. The molecule has 0 radical (unpaired) electrons. The highest BCUT2D eigenvalue weighted by atomic mass is 35.5. The Balaban J connectivity index is 1.85. The molecule has 0 heterocycles. The quantitative estimate of drug-likeness (QED) is 0.827. The molecule has 0 saturated carbocycles. The van der Waals surface area contributed by atoms with Crippen LogP contribution < -0.4 is 10.6 Å². The molecule has 0 aliphatic rings. The van der Waals surface area contributed by atoms with Gasteiger partial charge in [0.2, 0.25) is 0 Å². The van der Waals surface area contributed by atoms with Crippen LogP contribution in [0.2, 0.25) is 10.0 Å². The normalized spacial score (nSPS) is 10.2. The Bertz CT molecular complexity index is 732. The summed E-state index contributed by atoms with van der Waals surface area (Å²) in [5.41, 5.74) is 2.34. The molecular formula is C17H16Cl2N2O2. The molecule has 2 rings (SSSR count). The Morgan fingerprint density at radius 1 is 1.00 bits per heavy atom. The molecule has 0 aliphatic heterocycles. The van der Waals surface area contributed by atoms with Crippen LogP contribution >= 0.6 is 23.2 Å². The zero-order valence-electron chi connectivity index (χ0n) is 12.5. The molecule has 2 aromatic rings. The molecule has 0 saturated heterocycles. The lowest BCUT2D eigenvalue weighted by Gasteiger charge is -2.09. The number of hydrogen-bond acceptors (Lipinski definition) is 2. The maximum Gasteiger partial charge on any atom is 0.313 e. The molecule has 0 bridgehead atoms. The third kappa shape index (κ3) is 5.27. The van der Waals surface area contributed by atoms with E-state index in [9.17, 15) is 9.59 Å². The Kier molecular flexibility index (Phi) is 6.02. The summed E-state index contributed by atoms with van der Waals surface area (Å²) in [7, 11) is 0. The van der Waals surface area contributed by atoms with Gasteiger partial charge in [-0.1, -0.05) is 41.4 Å². The lowest BCUT2D eigenvalue weighted by molar-refractivity contribution is -0.136. The van der Waals surface area contributed by atoms with E-state index in [0.29, 0.717) is 28.7 Å². The van der Waals surface area contributed by atoms with Crippen molar-refractivity contribution in [2.24, 2.45) is 0 Å². The van der Waals surface area contributed by atoms with Crippen LogP contribution in [0.4, 0.5) is 5.69 Å². The van der Waals surface area contributed by atoms with Crippen LogP contribution in [0.5, 0.6) is 0 Å². The first kappa shape index (κ1) is 17.3. The second-order valence-electron chi connectivity index (χ2n) is 5.05. The van der Waals surface area contributed by atoms with Crippen molar-refractivity contribution >= 4 is 40.7 Å². The SMILES string of the molecule is Cc1ccc(Cl)cc1NC(=O)C(=O)NCCc1cccc(Cl)c1. The van der Waals surface area contributed by atoms with Crippen molar-refractivity contribution in [3.8, 4) is 0 Å². The van der Waals surface area contributed by atoms with Gasteiger partial charge in [-0.25, -0.2) is 0 Å². The largest absolute Gasteiger partial charge is 0.347 e. The topological polar surface area (TPSA) is 58.2 Å². The zero-order chi connectivity index (χ0) is 16.8. The maximum absolute atomic E-state index is 11.9. The summed E-state index contributed by atoms with van der Waals surface area (Å²) < 4.78 is 0. The number of carbonyl (C=O) groups is 2. The average molecular weight is 351 g/mol. The predicted molar refractivity (Wildman–Crippen MR) is 93.0 cm³/mol. The van der Waals surface area contributed by atoms with Gasteiger partial charge in [-0.05, 0) is 48.7 Å². The van der Waals surface area contributed by atoms with Gasteiger partial charge < -0.3 is 10.6 Å². The van der Waals surface area contributed by atoms with Crippen molar-refractivity contribution in [3.63, 3.8) is 0 Å². The molecule has 0 fully saturated rings. The summed E-state index contributed by atoms with van der Waals surface area (Å²) in [5.74, 6) is -1.41. The van der Waals surface area contributed by atoms with E-state index in [-0.39, 0.29) is 0 Å². The van der Waals surface area contributed by atoms with Gasteiger partial charge in [0.15, 0.2) is 0 Å². The number of aryl methyl sites for hydroxylation is 1. The van der Waals surface area contributed by atoms with Crippen LogP contribution in [0.15, 0.2) is 42.5 Å². The fraction of sp³-hybridized carbons (Fsp3) is 0.176. The average Bonchev–Trinajstić information content (AvgIpc) is 2.51. The molecule has 0 unspecified atom stereocenters. The van der Waals surface area contributed by atoms with Gasteiger partial charge in [0.25, 0.3) is 0 Å². The molecule has 4 nitrogen and oxygen atoms in total. The number of anilines is 1. The van der Waals surface area contributed by atoms with Crippen molar-refractivity contribution in [3.05, 3.63) is 63.6 Å². The second-order valence-corrected chi connectivity index (χ2v) is 5.92. The van der Waals surface area contributed by atoms with Crippen LogP contribution in [0.25, 0.3) is 0 Å². The highest BCUT2D eigenvalue weighted by molar-refractivity contribution is 6.40. The number of rotatable bonds is 4. The summed E-state index contributed by atoms with van der Waals surface area (Å²) in [6.45, 7) is 2.17. The fourth-order valence-electron chi connectivity index (χ4n) is 2.00. The maximum atomic E-state index is 11.9. The van der Waals surface area contributed by atoms with Gasteiger partial charge in [0, 0.05) is 22.3 Å². The Hall–Kier alpha value is -2.04. The molecule has 120 valence electrons. The third-order valence-electron chi connectivity index (χ3n) is 3.24. The zero-order valence-corrected chi connectivity index (χ0v) is 14.0. The number of amides is 2. The van der Waals surface area contributed by atoms with Gasteiger partial charge in [0.1, 0.15) is 0 Å². The van der Waals surface area contributed by atoms with Gasteiger partial charge in [0.05, 0.1) is 0 Å². The summed E-state index contributed by atoms with van der Waals surface area (Å²) >= 11 is 11.8. The van der Waals surface area contributed by atoms with Gasteiger partial charge in [-0.15, -0.1) is 0 Å². The van der Waals surface area contributed by atoms with Crippen LogP contribution in [0.1, 0.15) is 11.1 Å². The standard InChI is InChI=1S/C17H16Cl2N2O2/c1-11-5-6-14(19)10-15(11)21-17(23)16(22)20-8-7-12-3-2-4-13(18)9-12/h2-6,9-10H,7-8H2,1H3,(H,20,22)(H,21,23). The fourth-order valence-corrected chi connectivity index (χ4v) is 2.39. The summed E-state index contributed by atoms with van der Waals surface area (Å²) in [4.78, 5) is 23.7. The monoisotopic (exact) mass is 350 g/mol. The first-order chi connectivity index (χ1) is 11.0.